The maximum atomic E-state index is 13.5. The number of nitrogens with one attached hydrogen (secondary N) is 1. The standard InChI is InChI=1S/C11H17FNO5PS/c1-3-16-19(14,17-4-2)18-9-20(13,15)11-8-6-5-7-10(11)12/h5-8,13H,3-4,9H2,1-2H3. The van der Waals surface area contributed by atoms with Crippen molar-refractivity contribution in [3.05, 3.63) is 30.1 Å². The van der Waals surface area contributed by atoms with Gasteiger partial charge in [0, 0.05) is 0 Å². The van der Waals surface area contributed by atoms with E-state index in [-0.39, 0.29) is 18.1 Å². The summed E-state index contributed by atoms with van der Waals surface area (Å²) in [6.07, 6.45) is 0. The van der Waals surface area contributed by atoms with E-state index in [2.05, 4.69) is 0 Å². The second kappa shape index (κ2) is 7.28. The second-order valence-electron chi connectivity index (χ2n) is 3.64. The molecule has 0 aliphatic carbocycles. The van der Waals surface area contributed by atoms with Crippen LogP contribution in [0.4, 0.5) is 4.39 Å². The maximum Gasteiger partial charge on any atom is 0.475 e. The van der Waals surface area contributed by atoms with Crippen molar-refractivity contribution in [3.8, 4) is 0 Å². The number of hydrogen-bond donors (Lipinski definition) is 1. The molecule has 1 rings (SSSR count). The molecule has 0 saturated carbocycles. The summed E-state index contributed by atoms with van der Waals surface area (Å²) in [5, 5.41) is 0. The van der Waals surface area contributed by atoms with Gasteiger partial charge in [0.05, 0.1) is 18.1 Å². The van der Waals surface area contributed by atoms with Crippen molar-refractivity contribution in [2.24, 2.45) is 0 Å². The molecule has 0 fully saturated rings. The Hall–Kier alpha value is -0.790. The zero-order valence-corrected chi connectivity index (χ0v) is 12.9. The van der Waals surface area contributed by atoms with Crippen LogP contribution in [-0.4, -0.2) is 23.4 Å². The summed E-state index contributed by atoms with van der Waals surface area (Å²) in [7, 11) is -7.46. The van der Waals surface area contributed by atoms with Crippen molar-refractivity contribution in [1.29, 1.82) is 4.78 Å². The largest absolute Gasteiger partial charge is 0.475 e. The zero-order valence-electron chi connectivity index (χ0n) is 11.2. The van der Waals surface area contributed by atoms with Crippen LogP contribution in [0.1, 0.15) is 13.8 Å². The molecule has 0 heterocycles. The van der Waals surface area contributed by atoms with Gasteiger partial charge < -0.3 is 0 Å². The molecule has 1 N–H and O–H groups in total. The average Bonchev–Trinajstić information content (AvgIpc) is 2.38. The van der Waals surface area contributed by atoms with E-state index in [0.29, 0.717) is 0 Å². The smallest absolute Gasteiger partial charge is 0.287 e. The van der Waals surface area contributed by atoms with Gasteiger partial charge in [-0.15, -0.1) is 0 Å². The quantitative estimate of drug-likeness (QED) is 0.740. The van der Waals surface area contributed by atoms with Gasteiger partial charge in [0.1, 0.15) is 21.5 Å². The first kappa shape index (κ1) is 17.3. The van der Waals surface area contributed by atoms with Crippen LogP contribution in [0.5, 0.6) is 0 Å². The fraction of sp³-hybridized carbons (Fsp3) is 0.455. The van der Waals surface area contributed by atoms with E-state index in [4.69, 9.17) is 18.4 Å². The highest BCUT2D eigenvalue weighted by molar-refractivity contribution is 7.92. The number of phosphoric ester groups is 1. The minimum absolute atomic E-state index is 0.0656. The predicted octanol–water partition coefficient (Wildman–Crippen LogP) is 3.39. The summed E-state index contributed by atoms with van der Waals surface area (Å²) < 4.78 is 59.9. The van der Waals surface area contributed by atoms with Gasteiger partial charge in [-0.2, -0.15) is 0 Å². The molecule has 0 radical (unpaired) electrons. The highest BCUT2D eigenvalue weighted by Crippen LogP contribution is 2.49. The van der Waals surface area contributed by atoms with Crippen molar-refractivity contribution < 1.29 is 26.7 Å². The Balaban J connectivity index is 2.87. The summed E-state index contributed by atoms with van der Waals surface area (Å²) in [4.78, 5) is -0.306. The molecule has 6 nitrogen and oxygen atoms in total. The molecule has 0 aromatic heterocycles. The Kier molecular flexibility index (Phi) is 6.29. The molecule has 0 aliphatic heterocycles. The van der Waals surface area contributed by atoms with Crippen LogP contribution in [0.2, 0.25) is 0 Å². The number of phosphoric acid groups is 1. The van der Waals surface area contributed by atoms with E-state index in [1.165, 1.54) is 18.2 Å². The third-order valence-corrected chi connectivity index (χ3v) is 5.40. The van der Waals surface area contributed by atoms with Crippen LogP contribution in [-0.2, 0) is 27.9 Å². The third kappa shape index (κ3) is 4.64. The van der Waals surface area contributed by atoms with E-state index in [0.717, 1.165) is 6.07 Å². The lowest BCUT2D eigenvalue weighted by molar-refractivity contribution is 0.136. The van der Waals surface area contributed by atoms with Crippen LogP contribution in [0.25, 0.3) is 0 Å². The van der Waals surface area contributed by atoms with Gasteiger partial charge in [0.25, 0.3) is 0 Å². The average molecular weight is 325 g/mol. The molecule has 20 heavy (non-hydrogen) atoms. The van der Waals surface area contributed by atoms with Gasteiger partial charge in [-0.05, 0) is 26.0 Å². The minimum Gasteiger partial charge on any atom is -0.287 e. The lowest BCUT2D eigenvalue weighted by atomic mass is 10.4. The van der Waals surface area contributed by atoms with Gasteiger partial charge >= 0.3 is 7.82 Å². The fourth-order valence-corrected chi connectivity index (χ4v) is 4.12. The molecular weight excluding hydrogens is 308 g/mol. The van der Waals surface area contributed by atoms with Gasteiger partial charge in [-0.25, -0.2) is 17.9 Å². The number of benzene rings is 1. The van der Waals surface area contributed by atoms with Gasteiger partial charge in [0.2, 0.25) is 0 Å². The summed E-state index contributed by atoms with van der Waals surface area (Å²) in [6.45, 7) is 3.31. The molecule has 9 heteroatoms. The summed E-state index contributed by atoms with van der Waals surface area (Å²) in [6, 6.07) is 5.19. The van der Waals surface area contributed by atoms with Crippen LogP contribution in [0.15, 0.2) is 29.2 Å². The first-order valence-corrected chi connectivity index (χ1v) is 9.08. The molecular formula is C11H17FNO5PS. The Morgan fingerprint density at radius 3 is 2.25 bits per heavy atom. The summed E-state index contributed by atoms with van der Waals surface area (Å²) in [5.41, 5.74) is 0. The second-order valence-corrected chi connectivity index (χ2v) is 7.33. The minimum atomic E-state index is -3.87. The molecule has 0 spiro atoms. The molecule has 1 atom stereocenters. The normalized spacial score (nSPS) is 14.9. The predicted molar refractivity (Wildman–Crippen MR) is 72.3 cm³/mol. The van der Waals surface area contributed by atoms with E-state index in [1.807, 2.05) is 0 Å². The maximum absolute atomic E-state index is 13.5. The van der Waals surface area contributed by atoms with Gasteiger partial charge in [-0.3, -0.25) is 13.6 Å². The third-order valence-electron chi connectivity index (χ3n) is 2.14. The van der Waals surface area contributed by atoms with Crippen molar-refractivity contribution >= 4 is 17.6 Å². The lowest BCUT2D eigenvalue weighted by Crippen LogP contribution is -2.11. The molecule has 114 valence electrons. The Labute approximate surface area is 117 Å². The Bertz CT molecular complexity index is 582. The zero-order chi connectivity index (χ0) is 15.2. The first-order chi connectivity index (χ1) is 9.34. The van der Waals surface area contributed by atoms with Crippen LogP contribution >= 0.6 is 7.82 Å². The van der Waals surface area contributed by atoms with Crippen molar-refractivity contribution in [2.75, 3.05) is 19.2 Å². The molecule has 0 bridgehead atoms. The Morgan fingerprint density at radius 1 is 1.20 bits per heavy atom. The van der Waals surface area contributed by atoms with Gasteiger partial charge in [-0.1, -0.05) is 12.1 Å². The van der Waals surface area contributed by atoms with Crippen LogP contribution in [0, 0.1) is 10.6 Å². The van der Waals surface area contributed by atoms with Crippen molar-refractivity contribution in [3.63, 3.8) is 0 Å². The lowest BCUT2D eigenvalue weighted by Gasteiger charge is -2.17. The van der Waals surface area contributed by atoms with E-state index in [9.17, 15) is 13.2 Å². The number of halogens is 1. The SMILES string of the molecule is CCOP(=O)(OCC)OCS(=N)(=O)c1ccccc1F. The molecule has 1 unspecified atom stereocenters. The van der Waals surface area contributed by atoms with Gasteiger partial charge in [0.15, 0.2) is 0 Å². The molecule has 1 aromatic carbocycles. The van der Waals surface area contributed by atoms with E-state index in [1.54, 1.807) is 13.8 Å². The van der Waals surface area contributed by atoms with Crippen molar-refractivity contribution in [1.82, 2.24) is 0 Å². The topological polar surface area (TPSA) is 85.7 Å². The van der Waals surface area contributed by atoms with Crippen LogP contribution < -0.4 is 0 Å². The molecule has 0 amide bonds. The molecule has 1 aromatic rings. The number of hydrogen-bond acceptors (Lipinski definition) is 6. The van der Waals surface area contributed by atoms with E-state index >= 15 is 0 Å². The number of rotatable bonds is 8. The molecule has 0 aliphatic rings. The highest BCUT2D eigenvalue weighted by Gasteiger charge is 2.28. The van der Waals surface area contributed by atoms with E-state index < -0.39 is 29.3 Å². The highest BCUT2D eigenvalue weighted by atomic mass is 32.2. The first-order valence-electron chi connectivity index (χ1n) is 5.89. The Morgan fingerprint density at radius 2 is 1.75 bits per heavy atom. The molecule has 0 saturated heterocycles. The fourth-order valence-electron chi connectivity index (χ4n) is 1.34. The summed E-state index contributed by atoms with van der Waals surface area (Å²) >= 11 is 0. The monoisotopic (exact) mass is 325 g/mol. The summed E-state index contributed by atoms with van der Waals surface area (Å²) in [5.74, 6) is -1.55. The van der Waals surface area contributed by atoms with Crippen molar-refractivity contribution in [2.45, 2.75) is 18.7 Å². The van der Waals surface area contributed by atoms with Crippen LogP contribution in [0.3, 0.4) is 0 Å².